The second-order valence-corrected chi connectivity index (χ2v) is 8.46. The lowest BCUT2D eigenvalue weighted by Gasteiger charge is -2.39. The Labute approximate surface area is 149 Å². The molecule has 22 heavy (non-hydrogen) atoms. The Kier molecular flexibility index (Phi) is 6.60. The van der Waals surface area contributed by atoms with E-state index in [0.717, 1.165) is 5.69 Å². The number of aromatic nitrogens is 1. The Morgan fingerprint density at radius 2 is 2.18 bits per heavy atom. The van der Waals surface area contributed by atoms with Crippen LogP contribution in [0.15, 0.2) is 29.4 Å². The SMILES string of the molecule is CN=C(NCc1ccccn1)N1CCS(=O)(=O)C(C)(C)C1.I. The van der Waals surface area contributed by atoms with Gasteiger partial charge in [-0.05, 0) is 26.0 Å². The van der Waals surface area contributed by atoms with Crippen molar-refractivity contribution in [2.45, 2.75) is 25.1 Å². The molecule has 1 aliphatic heterocycles. The molecule has 6 nitrogen and oxygen atoms in total. The quantitative estimate of drug-likeness (QED) is 0.428. The molecule has 1 saturated heterocycles. The van der Waals surface area contributed by atoms with Crippen LogP contribution in [0.4, 0.5) is 0 Å². The summed E-state index contributed by atoms with van der Waals surface area (Å²) < 4.78 is 23.3. The van der Waals surface area contributed by atoms with Crippen molar-refractivity contribution in [3.05, 3.63) is 30.1 Å². The van der Waals surface area contributed by atoms with Crippen LogP contribution in [0.2, 0.25) is 0 Å². The van der Waals surface area contributed by atoms with E-state index in [1.807, 2.05) is 23.1 Å². The van der Waals surface area contributed by atoms with E-state index in [1.165, 1.54) is 0 Å². The van der Waals surface area contributed by atoms with Gasteiger partial charge in [-0.15, -0.1) is 24.0 Å². The van der Waals surface area contributed by atoms with Crippen LogP contribution in [0.1, 0.15) is 19.5 Å². The molecule has 0 bridgehead atoms. The third-order valence-corrected chi connectivity index (χ3v) is 6.24. The fourth-order valence-corrected chi connectivity index (χ4v) is 3.69. The standard InChI is InChI=1S/C14H22N4O2S.HI/c1-14(2)11-18(8-9-21(14,19)20)13(15-3)17-10-12-6-4-5-7-16-12;/h4-7H,8-11H2,1-3H3,(H,15,17);1H. The van der Waals surface area contributed by atoms with Gasteiger partial charge in [0.15, 0.2) is 15.8 Å². The first-order chi connectivity index (χ1) is 9.86. The minimum Gasteiger partial charge on any atom is -0.351 e. The maximum Gasteiger partial charge on any atom is 0.194 e. The summed E-state index contributed by atoms with van der Waals surface area (Å²) >= 11 is 0. The molecular weight excluding hydrogens is 415 g/mol. The van der Waals surface area contributed by atoms with Crippen molar-refractivity contribution in [1.82, 2.24) is 15.2 Å². The van der Waals surface area contributed by atoms with Crippen molar-refractivity contribution in [3.63, 3.8) is 0 Å². The van der Waals surface area contributed by atoms with Gasteiger partial charge in [0.2, 0.25) is 0 Å². The summed E-state index contributed by atoms with van der Waals surface area (Å²) in [5.41, 5.74) is 0.919. The second kappa shape index (κ2) is 7.58. The summed E-state index contributed by atoms with van der Waals surface area (Å²) in [4.78, 5) is 10.5. The third-order valence-electron chi connectivity index (χ3n) is 3.71. The van der Waals surface area contributed by atoms with Crippen molar-refractivity contribution in [2.75, 3.05) is 25.9 Å². The highest BCUT2D eigenvalue weighted by molar-refractivity contribution is 14.0. The summed E-state index contributed by atoms with van der Waals surface area (Å²) in [7, 11) is -1.33. The van der Waals surface area contributed by atoms with Gasteiger partial charge in [-0.3, -0.25) is 9.98 Å². The molecule has 1 aliphatic rings. The van der Waals surface area contributed by atoms with E-state index in [-0.39, 0.29) is 29.7 Å². The van der Waals surface area contributed by atoms with Crippen LogP contribution in [0.25, 0.3) is 0 Å². The second-order valence-electron chi connectivity index (χ2n) is 5.72. The highest BCUT2D eigenvalue weighted by atomic mass is 127. The van der Waals surface area contributed by atoms with E-state index in [1.54, 1.807) is 27.1 Å². The average molecular weight is 438 g/mol. The first kappa shape index (κ1) is 19.1. The smallest absolute Gasteiger partial charge is 0.194 e. The van der Waals surface area contributed by atoms with Crippen molar-refractivity contribution >= 4 is 39.8 Å². The number of hydrogen-bond donors (Lipinski definition) is 1. The molecule has 1 N–H and O–H groups in total. The Morgan fingerprint density at radius 3 is 2.73 bits per heavy atom. The molecule has 0 atom stereocenters. The number of hydrogen-bond acceptors (Lipinski definition) is 4. The van der Waals surface area contributed by atoms with Crippen molar-refractivity contribution in [1.29, 1.82) is 0 Å². The third kappa shape index (κ3) is 4.31. The zero-order valence-corrected chi connectivity index (χ0v) is 16.3. The van der Waals surface area contributed by atoms with Gasteiger partial charge in [-0.1, -0.05) is 6.07 Å². The van der Waals surface area contributed by atoms with Crippen LogP contribution in [0.5, 0.6) is 0 Å². The predicted octanol–water partition coefficient (Wildman–Crippen LogP) is 1.28. The zero-order valence-electron chi connectivity index (χ0n) is 13.1. The van der Waals surface area contributed by atoms with E-state index < -0.39 is 14.6 Å². The lowest BCUT2D eigenvalue weighted by Crippen LogP contribution is -2.57. The van der Waals surface area contributed by atoms with E-state index in [4.69, 9.17) is 0 Å². The topological polar surface area (TPSA) is 74.7 Å². The Balaban J connectivity index is 0.00000242. The molecule has 0 spiro atoms. The van der Waals surface area contributed by atoms with Gasteiger partial charge < -0.3 is 10.2 Å². The van der Waals surface area contributed by atoms with Gasteiger partial charge in [0.05, 0.1) is 22.7 Å². The highest BCUT2D eigenvalue weighted by Gasteiger charge is 2.40. The average Bonchev–Trinajstić information content (AvgIpc) is 2.44. The summed E-state index contributed by atoms with van der Waals surface area (Å²) in [5.74, 6) is 0.869. The van der Waals surface area contributed by atoms with Crippen LogP contribution >= 0.6 is 24.0 Å². The molecule has 1 fully saturated rings. The van der Waals surface area contributed by atoms with E-state index in [0.29, 0.717) is 25.6 Å². The van der Waals surface area contributed by atoms with Crippen LogP contribution < -0.4 is 5.32 Å². The fraction of sp³-hybridized carbons (Fsp3) is 0.571. The van der Waals surface area contributed by atoms with Gasteiger partial charge in [-0.25, -0.2) is 8.42 Å². The zero-order chi connectivity index (χ0) is 15.5. The molecular formula is C14H23IN4O2S. The molecule has 0 aromatic carbocycles. The Hall–Kier alpha value is -0.900. The molecule has 0 aliphatic carbocycles. The number of sulfone groups is 1. The molecule has 0 radical (unpaired) electrons. The van der Waals surface area contributed by atoms with Gasteiger partial charge in [0, 0.05) is 26.3 Å². The van der Waals surface area contributed by atoms with Gasteiger partial charge in [0.1, 0.15) is 0 Å². The van der Waals surface area contributed by atoms with E-state index in [9.17, 15) is 8.42 Å². The van der Waals surface area contributed by atoms with Crippen molar-refractivity contribution in [3.8, 4) is 0 Å². The Morgan fingerprint density at radius 1 is 1.45 bits per heavy atom. The molecule has 0 saturated carbocycles. The van der Waals surface area contributed by atoms with Gasteiger partial charge in [-0.2, -0.15) is 0 Å². The number of aliphatic imine (C=N–C) groups is 1. The maximum absolute atomic E-state index is 12.0. The molecule has 0 unspecified atom stereocenters. The maximum atomic E-state index is 12.0. The number of rotatable bonds is 2. The van der Waals surface area contributed by atoms with Crippen molar-refractivity contribution in [2.24, 2.45) is 4.99 Å². The van der Waals surface area contributed by atoms with Crippen LogP contribution in [-0.4, -0.2) is 54.9 Å². The summed E-state index contributed by atoms with van der Waals surface area (Å²) in [6.45, 7) is 5.00. The van der Waals surface area contributed by atoms with Gasteiger partial charge >= 0.3 is 0 Å². The summed E-state index contributed by atoms with van der Waals surface area (Å²) in [6.07, 6.45) is 1.75. The molecule has 1 aromatic heterocycles. The van der Waals surface area contributed by atoms with Gasteiger partial charge in [0.25, 0.3) is 0 Å². The Bertz CT molecular complexity index is 617. The fourth-order valence-electron chi connectivity index (χ4n) is 2.33. The first-order valence-corrected chi connectivity index (χ1v) is 8.59. The van der Waals surface area contributed by atoms with E-state index in [2.05, 4.69) is 15.3 Å². The van der Waals surface area contributed by atoms with Crippen LogP contribution in [0, 0.1) is 0 Å². The number of guanidine groups is 1. The predicted molar refractivity (Wildman–Crippen MR) is 99.3 cm³/mol. The lowest BCUT2D eigenvalue weighted by molar-refractivity contribution is 0.353. The number of nitrogens with one attached hydrogen (secondary N) is 1. The minimum absolute atomic E-state index is 0. The highest BCUT2D eigenvalue weighted by Crippen LogP contribution is 2.23. The van der Waals surface area contributed by atoms with Crippen molar-refractivity contribution < 1.29 is 8.42 Å². The molecule has 1 aromatic rings. The minimum atomic E-state index is -3.04. The molecule has 8 heteroatoms. The normalized spacial score (nSPS) is 20.1. The van der Waals surface area contributed by atoms with Crippen LogP contribution in [0.3, 0.4) is 0 Å². The lowest BCUT2D eigenvalue weighted by atomic mass is 10.2. The molecule has 2 rings (SSSR count). The molecule has 124 valence electrons. The molecule has 2 heterocycles. The summed E-state index contributed by atoms with van der Waals surface area (Å²) in [6, 6.07) is 5.74. The largest absolute Gasteiger partial charge is 0.351 e. The van der Waals surface area contributed by atoms with E-state index >= 15 is 0 Å². The molecule has 0 amide bonds. The van der Waals surface area contributed by atoms with Crippen LogP contribution in [-0.2, 0) is 16.4 Å². The number of pyridine rings is 1. The monoisotopic (exact) mass is 438 g/mol. The number of halogens is 1. The first-order valence-electron chi connectivity index (χ1n) is 6.93. The number of nitrogens with zero attached hydrogens (tertiary/aromatic N) is 3. The summed E-state index contributed by atoms with van der Waals surface area (Å²) in [5, 5.41) is 3.24.